The summed E-state index contributed by atoms with van der Waals surface area (Å²) >= 11 is 5.86. The van der Waals surface area contributed by atoms with Crippen molar-refractivity contribution in [3.05, 3.63) is 73.3 Å². The fourth-order valence-corrected chi connectivity index (χ4v) is 2.07. The second kappa shape index (κ2) is 8.58. The van der Waals surface area contributed by atoms with Crippen LogP contribution in [0.15, 0.2) is 42.5 Å². The molecule has 0 saturated heterocycles. The van der Waals surface area contributed by atoms with Gasteiger partial charge in [-0.15, -0.1) is 0 Å². The molecule has 0 heterocycles. The smallest absolute Gasteiger partial charge is 0.277 e. The summed E-state index contributed by atoms with van der Waals surface area (Å²) in [6, 6.07) is 8.82. The number of hydrogen-bond acceptors (Lipinski definition) is 7. The molecule has 27 heavy (non-hydrogen) atoms. The predicted molar refractivity (Wildman–Crippen MR) is 92.3 cm³/mol. The molecule has 140 valence electrons. The SMILES string of the molecule is O=C(COc1ccccc1Cl)NNC(=O)c1cc([N+](=O)[O-])cc([N+](=O)[O-])c1. The number of amides is 2. The van der Waals surface area contributed by atoms with Gasteiger partial charge in [0.05, 0.1) is 26.5 Å². The largest absolute Gasteiger partial charge is 0.482 e. The average Bonchev–Trinajstić information content (AvgIpc) is 2.64. The van der Waals surface area contributed by atoms with Crippen molar-refractivity contribution in [1.29, 1.82) is 0 Å². The first kappa shape index (κ1) is 19.6. The quantitative estimate of drug-likeness (QED) is 0.560. The molecule has 0 aliphatic carbocycles. The third-order valence-corrected chi connectivity index (χ3v) is 3.41. The zero-order valence-electron chi connectivity index (χ0n) is 13.4. The van der Waals surface area contributed by atoms with E-state index in [1.165, 1.54) is 6.07 Å². The van der Waals surface area contributed by atoms with Gasteiger partial charge >= 0.3 is 0 Å². The highest BCUT2D eigenvalue weighted by atomic mass is 35.5. The van der Waals surface area contributed by atoms with Crippen molar-refractivity contribution in [3.8, 4) is 5.75 Å². The molecule has 0 bridgehead atoms. The number of nitrogens with zero attached hydrogens (tertiary/aromatic N) is 2. The number of nitrogens with one attached hydrogen (secondary N) is 2. The minimum Gasteiger partial charge on any atom is -0.482 e. The van der Waals surface area contributed by atoms with E-state index in [2.05, 4.69) is 0 Å². The number of non-ortho nitro benzene ring substituents is 2. The van der Waals surface area contributed by atoms with Gasteiger partial charge in [0.15, 0.2) is 6.61 Å². The highest BCUT2D eigenvalue weighted by molar-refractivity contribution is 6.32. The van der Waals surface area contributed by atoms with Gasteiger partial charge in [-0.2, -0.15) is 0 Å². The van der Waals surface area contributed by atoms with Gasteiger partial charge in [-0.1, -0.05) is 23.7 Å². The Kier molecular flexibility index (Phi) is 6.23. The van der Waals surface area contributed by atoms with E-state index in [-0.39, 0.29) is 11.3 Å². The first-order valence-corrected chi connectivity index (χ1v) is 7.56. The molecule has 2 aromatic carbocycles. The molecule has 0 fully saturated rings. The van der Waals surface area contributed by atoms with Crippen LogP contribution in [0.1, 0.15) is 10.4 Å². The van der Waals surface area contributed by atoms with Crippen LogP contribution >= 0.6 is 11.6 Å². The number of benzene rings is 2. The number of halogens is 1. The minimum atomic E-state index is -0.979. The van der Waals surface area contributed by atoms with E-state index in [0.717, 1.165) is 12.1 Å². The molecule has 0 radical (unpaired) electrons. The Bertz CT molecular complexity index is 887. The lowest BCUT2D eigenvalue weighted by molar-refractivity contribution is -0.394. The Morgan fingerprint density at radius 3 is 2.15 bits per heavy atom. The third kappa shape index (κ3) is 5.37. The van der Waals surface area contributed by atoms with E-state index in [1.807, 2.05) is 10.9 Å². The molecule has 0 aromatic heterocycles. The molecule has 11 nitrogen and oxygen atoms in total. The summed E-state index contributed by atoms with van der Waals surface area (Å²) in [7, 11) is 0. The maximum atomic E-state index is 12.0. The second-order valence-corrected chi connectivity index (χ2v) is 5.38. The van der Waals surface area contributed by atoms with Crippen LogP contribution in [0.3, 0.4) is 0 Å². The number of carbonyl (C=O) groups is 2. The Balaban J connectivity index is 1.98. The van der Waals surface area contributed by atoms with Crippen molar-refractivity contribution in [2.24, 2.45) is 0 Å². The van der Waals surface area contributed by atoms with E-state index >= 15 is 0 Å². The summed E-state index contributed by atoms with van der Waals surface area (Å²) in [5.74, 6) is -1.47. The molecule has 12 heteroatoms. The molecule has 0 unspecified atom stereocenters. The third-order valence-electron chi connectivity index (χ3n) is 3.10. The summed E-state index contributed by atoms with van der Waals surface area (Å²) in [6.07, 6.45) is 0. The van der Waals surface area contributed by atoms with Crippen molar-refractivity contribution in [2.45, 2.75) is 0 Å². The Morgan fingerprint density at radius 2 is 1.59 bits per heavy atom. The maximum absolute atomic E-state index is 12.0. The molecule has 2 N–H and O–H groups in total. The van der Waals surface area contributed by atoms with Crippen molar-refractivity contribution in [2.75, 3.05) is 6.61 Å². The summed E-state index contributed by atoms with van der Waals surface area (Å²) < 4.78 is 5.16. The van der Waals surface area contributed by atoms with Crippen molar-refractivity contribution < 1.29 is 24.2 Å². The molecule has 2 aromatic rings. The summed E-state index contributed by atoms with van der Waals surface area (Å²) in [6.45, 7) is -0.473. The van der Waals surface area contributed by atoms with Crippen LogP contribution in [0.25, 0.3) is 0 Å². The van der Waals surface area contributed by atoms with Crippen LogP contribution in [0.4, 0.5) is 11.4 Å². The first-order valence-electron chi connectivity index (χ1n) is 7.18. The van der Waals surface area contributed by atoms with Crippen molar-refractivity contribution in [1.82, 2.24) is 10.9 Å². The van der Waals surface area contributed by atoms with E-state index in [4.69, 9.17) is 16.3 Å². The number of ether oxygens (including phenoxy) is 1. The van der Waals surface area contributed by atoms with E-state index in [9.17, 15) is 29.8 Å². The van der Waals surface area contributed by atoms with Gasteiger partial charge in [0.2, 0.25) is 0 Å². The van der Waals surface area contributed by atoms with Crippen LogP contribution in [0.2, 0.25) is 5.02 Å². The summed E-state index contributed by atoms with van der Waals surface area (Å²) in [4.78, 5) is 43.6. The normalized spacial score (nSPS) is 9.96. The zero-order chi connectivity index (χ0) is 20.0. The highest BCUT2D eigenvalue weighted by Crippen LogP contribution is 2.23. The Morgan fingerprint density at radius 1 is 1.00 bits per heavy atom. The monoisotopic (exact) mass is 394 g/mol. The molecule has 0 spiro atoms. The molecule has 0 aliphatic heterocycles. The Hall–Kier alpha value is -3.73. The molecular formula is C15H11ClN4O7. The lowest BCUT2D eigenvalue weighted by Crippen LogP contribution is -2.43. The van der Waals surface area contributed by atoms with Gasteiger partial charge < -0.3 is 4.74 Å². The number of carbonyl (C=O) groups excluding carboxylic acids is 2. The van der Waals surface area contributed by atoms with Gasteiger partial charge in [0.25, 0.3) is 23.2 Å². The summed E-state index contributed by atoms with van der Waals surface area (Å²) in [5.41, 5.74) is 2.36. The second-order valence-electron chi connectivity index (χ2n) is 4.97. The van der Waals surface area contributed by atoms with Gasteiger partial charge in [-0.3, -0.25) is 40.7 Å². The van der Waals surface area contributed by atoms with E-state index < -0.39 is 39.6 Å². The van der Waals surface area contributed by atoms with Crippen LogP contribution < -0.4 is 15.6 Å². The predicted octanol–water partition coefficient (Wildman–Crippen LogP) is 2.00. The maximum Gasteiger partial charge on any atom is 0.277 e. The number of rotatable bonds is 6. The fraction of sp³-hybridized carbons (Fsp3) is 0.0667. The van der Waals surface area contributed by atoms with Gasteiger partial charge in [0, 0.05) is 12.1 Å². The Labute approximate surface area is 156 Å². The molecular weight excluding hydrogens is 384 g/mol. The van der Waals surface area contributed by atoms with Gasteiger partial charge in [0.1, 0.15) is 5.75 Å². The highest BCUT2D eigenvalue weighted by Gasteiger charge is 2.20. The molecule has 2 rings (SSSR count). The van der Waals surface area contributed by atoms with Crippen LogP contribution in [-0.2, 0) is 4.79 Å². The number of nitro benzene ring substituents is 2. The zero-order valence-corrected chi connectivity index (χ0v) is 14.1. The average molecular weight is 395 g/mol. The van der Waals surface area contributed by atoms with Crippen molar-refractivity contribution >= 4 is 34.8 Å². The van der Waals surface area contributed by atoms with E-state index in [1.54, 1.807) is 18.2 Å². The van der Waals surface area contributed by atoms with Crippen molar-refractivity contribution in [3.63, 3.8) is 0 Å². The molecule has 0 aliphatic rings. The lowest BCUT2D eigenvalue weighted by Gasteiger charge is -2.09. The van der Waals surface area contributed by atoms with Gasteiger partial charge in [-0.25, -0.2) is 0 Å². The molecule has 0 atom stereocenters. The van der Waals surface area contributed by atoms with Crippen LogP contribution in [0.5, 0.6) is 5.75 Å². The number of hydrogen-bond donors (Lipinski definition) is 2. The van der Waals surface area contributed by atoms with Crippen LogP contribution in [-0.4, -0.2) is 28.3 Å². The van der Waals surface area contributed by atoms with Gasteiger partial charge in [-0.05, 0) is 12.1 Å². The number of para-hydroxylation sites is 1. The molecule has 0 saturated carbocycles. The minimum absolute atomic E-state index is 0.259. The van der Waals surface area contributed by atoms with Crippen LogP contribution in [0, 0.1) is 20.2 Å². The standard InChI is InChI=1S/C15H11ClN4O7/c16-12-3-1-2-4-13(12)27-8-14(21)17-18-15(22)9-5-10(19(23)24)7-11(6-9)20(25)26/h1-7H,8H2,(H,17,21)(H,18,22). The fourth-order valence-electron chi connectivity index (χ4n) is 1.88. The first-order chi connectivity index (χ1) is 12.8. The lowest BCUT2D eigenvalue weighted by atomic mass is 10.1. The summed E-state index contributed by atoms with van der Waals surface area (Å²) in [5, 5.41) is 21.9. The molecule has 2 amide bonds. The van der Waals surface area contributed by atoms with E-state index in [0.29, 0.717) is 11.1 Å². The number of nitro groups is 2. The number of hydrazine groups is 1. The topological polar surface area (TPSA) is 154 Å².